The largest absolute Gasteiger partial charge is 0.416 e. The van der Waals surface area contributed by atoms with Gasteiger partial charge in [-0.3, -0.25) is 10.1 Å². The van der Waals surface area contributed by atoms with Crippen LogP contribution in [0.3, 0.4) is 0 Å². The highest BCUT2D eigenvalue weighted by Crippen LogP contribution is 2.31. The van der Waals surface area contributed by atoms with Crippen molar-refractivity contribution in [1.29, 1.82) is 0 Å². The second-order valence-electron chi connectivity index (χ2n) is 4.63. The Balaban J connectivity index is 1.81. The van der Waals surface area contributed by atoms with Crippen LogP contribution in [0, 0.1) is 0 Å². The van der Waals surface area contributed by atoms with Gasteiger partial charge in [0.15, 0.2) is 5.13 Å². The molecule has 0 fully saturated rings. The van der Waals surface area contributed by atoms with E-state index in [1.54, 1.807) is 0 Å². The van der Waals surface area contributed by atoms with Crippen LogP contribution in [0.2, 0.25) is 0 Å². The summed E-state index contributed by atoms with van der Waals surface area (Å²) in [5.74, 6) is -0.506. The number of nitrogens with zero attached hydrogens (tertiary/aromatic N) is 1. The Bertz CT molecular complexity index is 875. The van der Waals surface area contributed by atoms with Gasteiger partial charge in [0.25, 0.3) is 5.91 Å². The number of thiazole rings is 1. The number of hydrogen-bond donors (Lipinski definition) is 1. The average Bonchev–Trinajstić information content (AvgIpc) is 2.90. The van der Waals surface area contributed by atoms with E-state index in [2.05, 4.69) is 26.2 Å². The Hall–Kier alpha value is -1.93. The molecule has 0 atom stereocenters. The smallest absolute Gasteiger partial charge is 0.298 e. The Morgan fingerprint density at radius 1 is 1.13 bits per heavy atom. The molecule has 0 bridgehead atoms. The zero-order chi connectivity index (χ0) is 16.6. The summed E-state index contributed by atoms with van der Waals surface area (Å²) in [6.45, 7) is 0. The van der Waals surface area contributed by atoms with E-state index in [0.717, 1.165) is 39.0 Å². The van der Waals surface area contributed by atoms with Crippen LogP contribution >= 0.6 is 27.3 Å². The number of aromatic nitrogens is 1. The number of alkyl halides is 3. The van der Waals surface area contributed by atoms with Crippen molar-refractivity contribution in [3.63, 3.8) is 0 Å². The summed E-state index contributed by atoms with van der Waals surface area (Å²) in [7, 11) is 0. The molecule has 0 aliphatic carbocycles. The molecule has 0 unspecified atom stereocenters. The first-order valence-corrected chi connectivity index (χ1v) is 7.99. The molecule has 2 aromatic carbocycles. The van der Waals surface area contributed by atoms with E-state index in [9.17, 15) is 18.0 Å². The summed E-state index contributed by atoms with van der Waals surface area (Å²) in [6, 6.07) is 9.59. The summed E-state index contributed by atoms with van der Waals surface area (Å²) < 4.78 is 39.2. The van der Waals surface area contributed by atoms with Gasteiger partial charge >= 0.3 is 6.18 Å². The van der Waals surface area contributed by atoms with Crippen LogP contribution in [-0.2, 0) is 6.18 Å². The number of halogens is 4. The second-order valence-corrected chi connectivity index (χ2v) is 6.52. The molecule has 0 aliphatic heterocycles. The first kappa shape index (κ1) is 15.9. The minimum absolute atomic E-state index is 0.135. The fraction of sp³-hybridized carbons (Fsp3) is 0.0667. The van der Waals surface area contributed by atoms with Crippen LogP contribution in [0.5, 0.6) is 0 Å². The van der Waals surface area contributed by atoms with Crippen LogP contribution < -0.4 is 5.32 Å². The molecule has 1 amide bonds. The lowest BCUT2D eigenvalue weighted by atomic mass is 10.1. The third-order valence-electron chi connectivity index (χ3n) is 3.06. The second kappa shape index (κ2) is 5.93. The van der Waals surface area contributed by atoms with Crippen molar-refractivity contribution in [1.82, 2.24) is 4.98 Å². The summed E-state index contributed by atoms with van der Waals surface area (Å²) in [4.78, 5) is 16.4. The number of nitrogens with one attached hydrogen (secondary N) is 1. The zero-order valence-electron chi connectivity index (χ0n) is 11.3. The highest BCUT2D eigenvalue weighted by molar-refractivity contribution is 9.10. The molecular weight excluding hydrogens is 393 g/mol. The maximum absolute atomic E-state index is 12.5. The molecule has 1 heterocycles. The number of carbonyl (C=O) groups is 1. The van der Waals surface area contributed by atoms with E-state index < -0.39 is 17.6 Å². The molecule has 0 aliphatic rings. The Morgan fingerprint density at radius 2 is 1.83 bits per heavy atom. The van der Waals surface area contributed by atoms with Crippen molar-refractivity contribution in [2.45, 2.75) is 6.18 Å². The molecule has 3 rings (SSSR count). The minimum atomic E-state index is -4.42. The fourth-order valence-electron chi connectivity index (χ4n) is 1.95. The average molecular weight is 401 g/mol. The van der Waals surface area contributed by atoms with Gasteiger partial charge in [-0.05, 0) is 52.3 Å². The minimum Gasteiger partial charge on any atom is -0.298 e. The molecule has 1 aromatic heterocycles. The van der Waals surface area contributed by atoms with Crippen molar-refractivity contribution >= 4 is 48.5 Å². The van der Waals surface area contributed by atoms with Crippen molar-refractivity contribution in [3.05, 3.63) is 58.1 Å². The van der Waals surface area contributed by atoms with E-state index in [1.807, 2.05) is 18.2 Å². The Labute approximate surface area is 141 Å². The molecule has 0 saturated heterocycles. The molecule has 0 spiro atoms. The van der Waals surface area contributed by atoms with Crippen LogP contribution in [0.15, 0.2) is 46.9 Å². The van der Waals surface area contributed by atoms with E-state index >= 15 is 0 Å². The van der Waals surface area contributed by atoms with Gasteiger partial charge in [0.2, 0.25) is 0 Å². The molecule has 3 aromatic rings. The van der Waals surface area contributed by atoms with Crippen LogP contribution in [0.25, 0.3) is 10.2 Å². The number of carbonyl (C=O) groups excluding carboxylic acids is 1. The van der Waals surface area contributed by atoms with Crippen molar-refractivity contribution < 1.29 is 18.0 Å². The maximum atomic E-state index is 12.5. The number of rotatable bonds is 2. The molecule has 23 heavy (non-hydrogen) atoms. The first-order chi connectivity index (χ1) is 10.8. The number of para-hydroxylation sites is 1. The molecule has 118 valence electrons. The number of hydrogen-bond acceptors (Lipinski definition) is 3. The zero-order valence-corrected chi connectivity index (χ0v) is 13.7. The van der Waals surface area contributed by atoms with E-state index in [-0.39, 0.29) is 5.56 Å². The third kappa shape index (κ3) is 3.37. The van der Waals surface area contributed by atoms with Gasteiger partial charge in [0.05, 0.1) is 15.8 Å². The van der Waals surface area contributed by atoms with Gasteiger partial charge < -0.3 is 0 Å². The standard InChI is InChI=1S/C15H8BrF3N2OS/c16-10-2-1-3-11-12(10)20-14(23-11)21-13(22)8-4-6-9(7-5-8)15(17,18)19/h1-7H,(H,20,21,22). The normalized spacial score (nSPS) is 11.7. The highest BCUT2D eigenvalue weighted by Gasteiger charge is 2.30. The maximum Gasteiger partial charge on any atom is 0.416 e. The summed E-state index contributed by atoms with van der Waals surface area (Å²) >= 11 is 4.66. The Kier molecular flexibility index (Phi) is 4.11. The lowest BCUT2D eigenvalue weighted by Crippen LogP contribution is -2.12. The monoisotopic (exact) mass is 400 g/mol. The Morgan fingerprint density at radius 3 is 2.43 bits per heavy atom. The number of anilines is 1. The first-order valence-electron chi connectivity index (χ1n) is 6.38. The van der Waals surface area contributed by atoms with Gasteiger partial charge in [-0.1, -0.05) is 17.4 Å². The van der Waals surface area contributed by atoms with E-state index in [4.69, 9.17) is 0 Å². The summed E-state index contributed by atoms with van der Waals surface area (Å²) in [5.41, 5.74) is 0.0644. The molecule has 3 nitrogen and oxygen atoms in total. The van der Waals surface area contributed by atoms with Crippen LogP contribution in [0.4, 0.5) is 18.3 Å². The molecule has 8 heteroatoms. The van der Waals surface area contributed by atoms with Crippen molar-refractivity contribution in [2.75, 3.05) is 5.32 Å². The number of fused-ring (bicyclic) bond motifs is 1. The topological polar surface area (TPSA) is 42.0 Å². The fourth-order valence-corrected chi connectivity index (χ4v) is 3.42. The number of amides is 1. The number of benzene rings is 2. The van der Waals surface area contributed by atoms with Gasteiger partial charge in [0, 0.05) is 10.0 Å². The van der Waals surface area contributed by atoms with Crippen molar-refractivity contribution in [3.8, 4) is 0 Å². The quantitative estimate of drug-likeness (QED) is 0.631. The van der Waals surface area contributed by atoms with E-state index in [1.165, 1.54) is 11.3 Å². The predicted octanol–water partition coefficient (Wildman–Crippen LogP) is 5.33. The van der Waals surface area contributed by atoms with Gasteiger partial charge in [-0.15, -0.1) is 0 Å². The molecule has 0 radical (unpaired) electrons. The van der Waals surface area contributed by atoms with Gasteiger partial charge in [-0.25, -0.2) is 4.98 Å². The molecule has 0 saturated carbocycles. The third-order valence-corrected chi connectivity index (χ3v) is 4.64. The van der Waals surface area contributed by atoms with E-state index in [0.29, 0.717) is 5.13 Å². The summed E-state index contributed by atoms with van der Waals surface area (Å²) in [6.07, 6.45) is -4.42. The lowest BCUT2D eigenvalue weighted by molar-refractivity contribution is -0.137. The SMILES string of the molecule is O=C(Nc1nc2c(Br)cccc2s1)c1ccc(C(F)(F)F)cc1. The lowest BCUT2D eigenvalue weighted by Gasteiger charge is -2.07. The van der Waals surface area contributed by atoms with Crippen molar-refractivity contribution in [2.24, 2.45) is 0 Å². The predicted molar refractivity (Wildman–Crippen MR) is 86.7 cm³/mol. The summed E-state index contributed by atoms with van der Waals surface area (Å²) in [5, 5.41) is 2.99. The highest BCUT2D eigenvalue weighted by atomic mass is 79.9. The van der Waals surface area contributed by atoms with Gasteiger partial charge in [-0.2, -0.15) is 13.2 Å². The van der Waals surface area contributed by atoms with Gasteiger partial charge in [0.1, 0.15) is 0 Å². The molecular formula is C15H8BrF3N2OS. The molecule has 1 N–H and O–H groups in total. The van der Waals surface area contributed by atoms with Crippen LogP contribution in [0.1, 0.15) is 15.9 Å². The van der Waals surface area contributed by atoms with Crippen LogP contribution in [-0.4, -0.2) is 10.9 Å².